The molecule has 0 aromatic heterocycles. The second-order valence-electron chi connectivity index (χ2n) is 12.7. The Morgan fingerprint density at radius 2 is 1.78 bits per heavy atom. The zero-order valence-corrected chi connectivity index (χ0v) is 20.9. The van der Waals surface area contributed by atoms with Crippen molar-refractivity contribution in [1.82, 2.24) is 0 Å². The van der Waals surface area contributed by atoms with Crippen LogP contribution in [0, 0.1) is 46.3 Å². The highest BCUT2D eigenvalue weighted by Gasteiger charge is 2.64. The lowest BCUT2D eigenvalue weighted by atomic mass is 9.42. The van der Waals surface area contributed by atoms with E-state index < -0.39 is 18.1 Å². The van der Waals surface area contributed by atoms with E-state index in [2.05, 4.69) is 20.8 Å². The zero-order valence-electron chi connectivity index (χ0n) is 20.9. The van der Waals surface area contributed by atoms with Crippen molar-refractivity contribution < 1.29 is 23.7 Å². The summed E-state index contributed by atoms with van der Waals surface area (Å²) < 4.78 is 34.3. The summed E-state index contributed by atoms with van der Waals surface area (Å²) in [7, 11) is 1.84. The molecular formula is C27H46F2O3. The van der Waals surface area contributed by atoms with Crippen LogP contribution >= 0.6 is 0 Å². The second-order valence-corrected chi connectivity index (χ2v) is 12.7. The molecule has 0 amide bonds. The topological polar surface area (TPSA) is 49.7 Å². The molecule has 32 heavy (non-hydrogen) atoms. The van der Waals surface area contributed by atoms with Crippen molar-refractivity contribution in [2.75, 3.05) is 13.7 Å². The first kappa shape index (κ1) is 24.9. The molecule has 0 saturated heterocycles. The molecule has 4 fully saturated rings. The molecule has 4 aliphatic rings. The van der Waals surface area contributed by atoms with Crippen molar-refractivity contribution in [2.24, 2.45) is 46.3 Å². The van der Waals surface area contributed by atoms with Crippen LogP contribution in [0.5, 0.6) is 0 Å². The lowest BCUT2D eigenvalue weighted by Crippen LogP contribution is -2.60. The molecule has 186 valence electrons. The van der Waals surface area contributed by atoms with E-state index >= 15 is 0 Å². The average Bonchev–Trinajstić information content (AvgIpc) is 3.10. The maximum absolute atomic E-state index is 14.0. The summed E-state index contributed by atoms with van der Waals surface area (Å²) in [6.07, 6.45) is 9.08. The smallest absolute Gasteiger partial charge is 0.270 e. The largest absolute Gasteiger partial charge is 0.390 e. The Kier molecular flexibility index (Phi) is 6.56. The van der Waals surface area contributed by atoms with Gasteiger partial charge in [-0.15, -0.1) is 0 Å². The molecule has 0 aromatic rings. The number of fused-ring (bicyclic) bond motifs is 5. The summed E-state index contributed by atoms with van der Waals surface area (Å²) in [4.78, 5) is 0. The standard InChI is InChI=1S/C27H46F2O3/c1-6-26(31)12-11-24(3)18(14-26)7-8-19-21-10-9-20(17(2)13-27(28,29)16-30)25(21,4)15-22(32-5)23(19)24/h17-23,30-31H,6-16H2,1-5H3/t17-,18+,19+,20-,21+,22+,23-,24+,25-,26+/m1/s1. The van der Waals surface area contributed by atoms with Crippen molar-refractivity contribution in [3.8, 4) is 0 Å². The van der Waals surface area contributed by atoms with Crippen LogP contribution in [-0.2, 0) is 4.74 Å². The fourth-order valence-corrected chi connectivity index (χ4v) is 9.61. The number of ether oxygens (including phenoxy) is 1. The molecule has 0 spiro atoms. The molecule has 3 nitrogen and oxygen atoms in total. The number of rotatable bonds is 6. The molecule has 4 rings (SSSR count). The van der Waals surface area contributed by atoms with Crippen LogP contribution in [0.3, 0.4) is 0 Å². The normalized spacial score (nSPS) is 49.8. The highest BCUT2D eigenvalue weighted by Crippen LogP contribution is 2.69. The first-order valence-corrected chi connectivity index (χ1v) is 13.2. The minimum atomic E-state index is -2.99. The van der Waals surface area contributed by atoms with Crippen LogP contribution in [0.2, 0.25) is 0 Å². The molecule has 2 N–H and O–H groups in total. The van der Waals surface area contributed by atoms with E-state index in [0.717, 1.165) is 44.9 Å². The van der Waals surface area contributed by atoms with Gasteiger partial charge in [-0.05, 0) is 104 Å². The van der Waals surface area contributed by atoms with Gasteiger partial charge >= 0.3 is 0 Å². The summed E-state index contributed by atoms with van der Waals surface area (Å²) >= 11 is 0. The zero-order chi connectivity index (χ0) is 23.5. The number of aliphatic hydroxyl groups is 2. The molecule has 4 aliphatic carbocycles. The second kappa shape index (κ2) is 8.45. The fraction of sp³-hybridized carbons (Fsp3) is 1.00. The van der Waals surface area contributed by atoms with Gasteiger partial charge in [0, 0.05) is 13.5 Å². The van der Waals surface area contributed by atoms with Crippen molar-refractivity contribution in [3.63, 3.8) is 0 Å². The molecule has 0 heterocycles. The number of hydrogen-bond acceptors (Lipinski definition) is 3. The van der Waals surface area contributed by atoms with Crippen molar-refractivity contribution in [2.45, 2.75) is 110 Å². The van der Waals surface area contributed by atoms with Crippen LogP contribution in [-0.4, -0.2) is 41.6 Å². The van der Waals surface area contributed by atoms with Crippen molar-refractivity contribution in [3.05, 3.63) is 0 Å². The van der Waals surface area contributed by atoms with Crippen LogP contribution in [0.1, 0.15) is 91.9 Å². The molecule has 0 aliphatic heterocycles. The summed E-state index contributed by atoms with van der Waals surface area (Å²) in [5.74, 6) is -0.646. The molecular weight excluding hydrogens is 410 g/mol. The summed E-state index contributed by atoms with van der Waals surface area (Å²) in [6.45, 7) is 7.85. The van der Waals surface area contributed by atoms with Crippen LogP contribution in [0.15, 0.2) is 0 Å². The molecule has 0 bridgehead atoms. The van der Waals surface area contributed by atoms with E-state index in [-0.39, 0.29) is 35.2 Å². The van der Waals surface area contributed by atoms with E-state index in [1.807, 2.05) is 14.0 Å². The predicted molar refractivity (Wildman–Crippen MR) is 122 cm³/mol. The quantitative estimate of drug-likeness (QED) is 0.510. The minimum absolute atomic E-state index is 0.0226. The monoisotopic (exact) mass is 456 g/mol. The van der Waals surface area contributed by atoms with Crippen molar-refractivity contribution >= 4 is 0 Å². The van der Waals surface area contributed by atoms with Crippen LogP contribution in [0.4, 0.5) is 8.78 Å². The number of methoxy groups -OCH3 is 1. The summed E-state index contributed by atoms with van der Waals surface area (Å²) in [5.41, 5.74) is -0.288. The number of aliphatic hydroxyl groups excluding tert-OH is 1. The third-order valence-corrected chi connectivity index (χ3v) is 11.3. The van der Waals surface area contributed by atoms with Gasteiger partial charge in [-0.25, -0.2) is 8.78 Å². The first-order chi connectivity index (χ1) is 14.9. The van der Waals surface area contributed by atoms with Gasteiger partial charge < -0.3 is 14.9 Å². The third-order valence-electron chi connectivity index (χ3n) is 11.3. The summed E-state index contributed by atoms with van der Waals surface area (Å²) in [5, 5.41) is 20.2. The minimum Gasteiger partial charge on any atom is -0.390 e. The van der Waals surface area contributed by atoms with Gasteiger partial charge in [-0.1, -0.05) is 27.7 Å². The van der Waals surface area contributed by atoms with E-state index in [0.29, 0.717) is 23.7 Å². The maximum Gasteiger partial charge on any atom is 0.270 e. The van der Waals surface area contributed by atoms with E-state index in [4.69, 9.17) is 9.84 Å². The highest BCUT2D eigenvalue weighted by atomic mass is 19.3. The van der Waals surface area contributed by atoms with Gasteiger partial charge in [0.15, 0.2) is 0 Å². The van der Waals surface area contributed by atoms with Gasteiger partial charge in [0.25, 0.3) is 5.92 Å². The Morgan fingerprint density at radius 1 is 1.06 bits per heavy atom. The van der Waals surface area contributed by atoms with Gasteiger partial charge in [0.1, 0.15) is 6.61 Å². The molecule has 5 heteroatoms. The Hall–Kier alpha value is -0.260. The lowest BCUT2D eigenvalue weighted by molar-refractivity contribution is -0.200. The van der Waals surface area contributed by atoms with Gasteiger partial charge in [-0.2, -0.15) is 0 Å². The molecule has 0 aromatic carbocycles. The molecule has 4 saturated carbocycles. The molecule has 0 unspecified atom stereocenters. The average molecular weight is 457 g/mol. The lowest BCUT2D eigenvalue weighted by Gasteiger charge is -2.64. The van der Waals surface area contributed by atoms with Gasteiger partial charge in [0.2, 0.25) is 0 Å². The number of hydrogen-bond donors (Lipinski definition) is 2. The third kappa shape index (κ3) is 3.86. The highest BCUT2D eigenvalue weighted by molar-refractivity contribution is 5.13. The Labute approximate surface area is 193 Å². The van der Waals surface area contributed by atoms with Crippen molar-refractivity contribution in [1.29, 1.82) is 0 Å². The van der Waals surface area contributed by atoms with E-state index in [1.165, 1.54) is 12.8 Å². The van der Waals surface area contributed by atoms with E-state index in [9.17, 15) is 13.9 Å². The van der Waals surface area contributed by atoms with Crippen LogP contribution < -0.4 is 0 Å². The summed E-state index contributed by atoms with van der Waals surface area (Å²) in [6, 6.07) is 0. The Balaban J connectivity index is 1.60. The first-order valence-electron chi connectivity index (χ1n) is 13.2. The maximum atomic E-state index is 14.0. The molecule has 10 atom stereocenters. The van der Waals surface area contributed by atoms with Crippen LogP contribution in [0.25, 0.3) is 0 Å². The Bertz CT molecular complexity index is 686. The number of alkyl halides is 2. The predicted octanol–water partition coefficient (Wildman–Crippen LogP) is 6.07. The Morgan fingerprint density at radius 3 is 2.41 bits per heavy atom. The number of halogens is 2. The SMILES string of the molecule is CC[C@]1(O)CC[C@@]2(C)[C@@H](CC[C@@H]3[C@@H]2[C@@H](OC)C[C@]2(C)[C@@H]([C@H](C)CC(F)(F)CO)CC[C@@H]32)C1. The van der Waals surface area contributed by atoms with E-state index in [1.54, 1.807) is 0 Å². The van der Waals surface area contributed by atoms with Gasteiger partial charge in [-0.3, -0.25) is 0 Å². The van der Waals surface area contributed by atoms with Gasteiger partial charge in [0.05, 0.1) is 11.7 Å². The fourth-order valence-electron chi connectivity index (χ4n) is 9.61. The molecule has 0 radical (unpaired) electrons.